The number of hydrogen-bond acceptors (Lipinski definition) is 3. The largest absolute Gasteiger partial charge is 0.250 e. The molecule has 1 N–H and O–H groups in total. The van der Waals surface area contributed by atoms with E-state index in [-0.39, 0.29) is 16.2 Å². The van der Waals surface area contributed by atoms with Gasteiger partial charge in [-0.05, 0) is 106 Å². The zero-order valence-corrected chi connectivity index (χ0v) is 21.2. The Morgan fingerprint density at radius 1 is 1.09 bits per heavy atom. The van der Waals surface area contributed by atoms with Crippen molar-refractivity contribution in [2.45, 2.75) is 87.4 Å². The maximum atomic E-state index is 13.1. The summed E-state index contributed by atoms with van der Waals surface area (Å²) >= 11 is 1.91. The molecule has 2 atom stereocenters. The molecule has 172 valence electrons. The maximum Gasteiger partial charge on any atom is 0.0976 e. The van der Waals surface area contributed by atoms with E-state index >= 15 is 0 Å². The van der Waals surface area contributed by atoms with E-state index in [9.17, 15) is 4.21 Å². The van der Waals surface area contributed by atoms with Crippen LogP contribution in [0.4, 0.5) is 0 Å². The van der Waals surface area contributed by atoms with E-state index in [0.29, 0.717) is 5.92 Å². The molecule has 2 saturated carbocycles. The van der Waals surface area contributed by atoms with Gasteiger partial charge < -0.3 is 0 Å². The fourth-order valence-corrected chi connectivity index (χ4v) is 7.43. The van der Waals surface area contributed by atoms with Crippen molar-refractivity contribution in [3.63, 3.8) is 0 Å². The van der Waals surface area contributed by atoms with Gasteiger partial charge in [0.25, 0.3) is 0 Å². The molecule has 1 spiro atoms. The highest BCUT2D eigenvalue weighted by atomic mass is 32.2. The average molecular weight is 469 g/mol. The molecule has 5 heteroatoms. The van der Waals surface area contributed by atoms with Gasteiger partial charge in [0.2, 0.25) is 0 Å². The van der Waals surface area contributed by atoms with Crippen molar-refractivity contribution in [1.29, 1.82) is 0 Å². The zero-order valence-electron chi connectivity index (χ0n) is 19.6. The molecule has 1 aromatic heterocycles. The third kappa shape index (κ3) is 4.71. The van der Waals surface area contributed by atoms with Gasteiger partial charge in [0.15, 0.2) is 0 Å². The molecule has 1 heterocycles. The molecular formula is C27H36N2OS2. The van der Waals surface area contributed by atoms with E-state index in [0.717, 1.165) is 12.3 Å². The van der Waals surface area contributed by atoms with Gasteiger partial charge in [-0.1, -0.05) is 30.3 Å². The fraction of sp³-hybridized carbons (Fsp3) is 0.593. The highest BCUT2D eigenvalue weighted by Gasteiger charge is 2.49. The molecule has 1 unspecified atom stereocenters. The van der Waals surface area contributed by atoms with Crippen molar-refractivity contribution in [3.05, 3.63) is 59.3 Å². The lowest BCUT2D eigenvalue weighted by Crippen LogP contribution is -2.43. The van der Waals surface area contributed by atoms with Crippen LogP contribution in [-0.4, -0.2) is 19.7 Å². The van der Waals surface area contributed by atoms with Gasteiger partial charge in [-0.25, -0.2) is 13.9 Å². The van der Waals surface area contributed by atoms with Gasteiger partial charge in [-0.3, -0.25) is 0 Å². The van der Waals surface area contributed by atoms with Crippen LogP contribution < -0.4 is 4.72 Å². The first kappa shape index (κ1) is 22.6. The molecule has 0 amide bonds. The van der Waals surface area contributed by atoms with E-state index in [1.165, 1.54) is 66.0 Å². The summed E-state index contributed by atoms with van der Waals surface area (Å²) in [5, 5.41) is 1.17. The third-order valence-electron chi connectivity index (χ3n) is 7.68. The van der Waals surface area contributed by atoms with E-state index in [1.54, 1.807) is 0 Å². The average Bonchev–Trinajstić information content (AvgIpc) is 3.57. The number of aromatic nitrogens is 1. The number of thioether (sulfide) groups is 1. The van der Waals surface area contributed by atoms with Crippen LogP contribution in [0.5, 0.6) is 0 Å². The second kappa shape index (κ2) is 8.88. The number of rotatable bonds is 6. The van der Waals surface area contributed by atoms with Gasteiger partial charge in [0.05, 0.1) is 26.8 Å². The minimum absolute atomic E-state index is 0.175. The van der Waals surface area contributed by atoms with Crippen LogP contribution in [0.15, 0.2) is 47.6 Å². The maximum absolute atomic E-state index is 13.1. The molecule has 5 rings (SSSR count). The van der Waals surface area contributed by atoms with Gasteiger partial charge >= 0.3 is 0 Å². The minimum atomic E-state index is -1.07. The summed E-state index contributed by atoms with van der Waals surface area (Å²) in [6, 6.07) is 13.5. The Morgan fingerprint density at radius 2 is 1.84 bits per heavy atom. The van der Waals surface area contributed by atoms with Crippen molar-refractivity contribution in [2.75, 3.05) is 5.75 Å². The Kier molecular flexibility index (Phi) is 6.28. The van der Waals surface area contributed by atoms with E-state index in [4.69, 9.17) is 4.98 Å². The first-order valence-electron chi connectivity index (χ1n) is 12.2. The van der Waals surface area contributed by atoms with Crippen LogP contribution in [0.25, 0.3) is 0 Å². The highest BCUT2D eigenvalue weighted by Crippen LogP contribution is 2.56. The minimum Gasteiger partial charge on any atom is -0.250 e. The summed E-state index contributed by atoms with van der Waals surface area (Å²) in [5.74, 6) is 2.75. The van der Waals surface area contributed by atoms with Crippen LogP contribution in [0.3, 0.4) is 0 Å². The molecule has 3 aliphatic carbocycles. The van der Waals surface area contributed by atoms with E-state index in [1.807, 2.05) is 11.8 Å². The lowest BCUT2D eigenvalue weighted by Gasteiger charge is -2.42. The molecule has 32 heavy (non-hydrogen) atoms. The molecule has 0 saturated heterocycles. The number of nitrogens with one attached hydrogen (secondary N) is 1. The second-order valence-corrected chi connectivity index (χ2v) is 14.2. The van der Waals surface area contributed by atoms with Crippen molar-refractivity contribution in [1.82, 2.24) is 9.71 Å². The summed E-state index contributed by atoms with van der Waals surface area (Å²) in [6.45, 7) is 6.17. The Balaban J connectivity index is 1.29. The molecule has 3 nitrogen and oxygen atoms in total. The van der Waals surface area contributed by atoms with Gasteiger partial charge in [0, 0.05) is 11.9 Å². The monoisotopic (exact) mass is 468 g/mol. The SMILES string of the molecule is CC(C)(C)[S@@](=O)NC1c2ccccc2CC12CCC(c1ccc(SCC3CC3)nc1)CC2. The first-order chi connectivity index (χ1) is 15.3. The van der Waals surface area contributed by atoms with E-state index < -0.39 is 11.0 Å². The lowest BCUT2D eigenvalue weighted by atomic mass is 9.66. The van der Waals surface area contributed by atoms with Gasteiger partial charge in [0.1, 0.15) is 0 Å². The Labute approximate surface area is 200 Å². The Bertz CT molecular complexity index is 970. The smallest absolute Gasteiger partial charge is 0.0976 e. The summed E-state index contributed by atoms with van der Waals surface area (Å²) in [5.41, 5.74) is 4.37. The molecule has 1 aromatic carbocycles. The predicted molar refractivity (Wildman–Crippen MR) is 135 cm³/mol. The quantitative estimate of drug-likeness (QED) is 0.487. The molecule has 0 bridgehead atoms. The lowest BCUT2D eigenvalue weighted by molar-refractivity contribution is 0.141. The van der Waals surface area contributed by atoms with Gasteiger partial charge in [-0.15, -0.1) is 11.8 Å². The molecule has 2 aromatic rings. The summed E-state index contributed by atoms with van der Waals surface area (Å²) in [4.78, 5) is 4.77. The zero-order chi connectivity index (χ0) is 22.3. The Morgan fingerprint density at radius 3 is 2.50 bits per heavy atom. The standard InChI is InChI=1S/C27H36N2OS2/c1-26(2,3)32(30)29-25-23-7-5-4-6-21(23)16-27(25)14-12-20(13-15-27)22-10-11-24(28-17-22)31-18-19-8-9-19/h4-7,10-11,17,19-20,25,29H,8-9,12-16,18H2,1-3H3/t20?,25?,27?,32-/m1/s1. The van der Waals surface area contributed by atoms with Crippen LogP contribution in [0.2, 0.25) is 0 Å². The topological polar surface area (TPSA) is 42.0 Å². The fourth-order valence-electron chi connectivity index (χ4n) is 5.46. The summed E-state index contributed by atoms with van der Waals surface area (Å²) in [6.07, 6.45) is 10.7. The number of nitrogens with zero attached hydrogens (tertiary/aromatic N) is 1. The summed E-state index contributed by atoms with van der Waals surface area (Å²) in [7, 11) is -1.07. The third-order valence-corrected chi connectivity index (χ3v) is 10.4. The first-order valence-corrected chi connectivity index (χ1v) is 14.3. The highest BCUT2D eigenvalue weighted by molar-refractivity contribution is 7.99. The van der Waals surface area contributed by atoms with Gasteiger partial charge in [-0.2, -0.15) is 0 Å². The summed E-state index contributed by atoms with van der Waals surface area (Å²) < 4.78 is 16.4. The van der Waals surface area contributed by atoms with E-state index in [2.05, 4.69) is 68.1 Å². The molecule has 2 fully saturated rings. The van der Waals surface area contributed by atoms with Crippen molar-refractivity contribution < 1.29 is 4.21 Å². The van der Waals surface area contributed by atoms with Crippen LogP contribution in [-0.2, 0) is 17.4 Å². The van der Waals surface area contributed by atoms with Crippen molar-refractivity contribution in [2.24, 2.45) is 11.3 Å². The van der Waals surface area contributed by atoms with Crippen LogP contribution >= 0.6 is 11.8 Å². The normalized spacial score (nSPS) is 28.6. The second-order valence-electron chi connectivity index (χ2n) is 11.1. The predicted octanol–water partition coefficient (Wildman–Crippen LogP) is 6.58. The molecule has 0 radical (unpaired) electrons. The van der Waals surface area contributed by atoms with Crippen LogP contribution in [0, 0.1) is 11.3 Å². The number of pyridine rings is 1. The Hall–Kier alpha value is -1.17. The molecule has 0 aliphatic heterocycles. The van der Waals surface area contributed by atoms with Crippen molar-refractivity contribution in [3.8, 4) is 0 Å². The van der Waals surface area contributed by atoms with Crippen molar-refractivity contribution >= 4 is 22.7 Å². The molecule has 3 aliphatic rings. The number of fused-ring (bicyclic) bond motifs is 1. The van der Waals surface area contributed by atoms with Crippen LogP contribution in [0.1, 0.15) is 87.9 Å². The molecular weight excluding hydrogens is 432 g/mol. The number of hydrogen-bond donors (Lipinski definition) is 1. The number of benzene rings is 1.